The number of aromatic nitrogens is 1. The first kappa shape index (κ1) is 35.2. The predicted molar refractivity (Wildman–Crippen MR) is 198 cm³/mol. The summed E-state index contributed by atoms with van der Waals surface area (Å²) >= 11 is 6.09. The molecule has 0 saturated carbocycles. The summed E-state index contributed by atoms with van der Waals surface area (Å²) in [6, 6.07) is 26.8. The van der Waals surface area contributed by atoms with Crippen LogP contribution >= 0.6 is 39.0 Å². The van der Waals surface area contributed by atoms with Crippen LogP contribution in [0.15, 0.2) is 111 Å². The van der Waals surface area contributed by atoms with Gasteiger partial charge < -0.3 is 30.2 Å². The van der Waals surface area contributed by atoms with Gasteiger partial charge in [0.05, 0.1) is 32.8 Å². The van der Waals surface area contributed by atoms with Gasteiger partial charge in [0.25, 0.3) is 11.8 Å². The second kappa shape index (κ2) is 16.8. The summed E-state index contributed by atoms with van der Waals surface area (Å²) in [5.41, 5.74) is 3.08. The Morgan fingerprint density at radius 2 is 1.57 bits per heavy atom. The fraction of sp³-hybridized carbons (Fsp3) is 0.111. The monoisotopic (exact) mass is 758 g/mol. The van der Waals surface area contributed by atoms with Gasteiger partial charge in [-0.1, -0.05) is 52.3 Å². The van der Waals surface area contributed by atoms with Crippen LogP contribution in [0.4, 0.5) is 10.8 Å². The molecule has 0 bridgehead atoms. The number of ether oxygens (including phenoxy) is 3. The predicted octanol–water partition coefficient (Wildman–Crippen LogP) is 7.74. The molecule has 0 aliphatic rings. The first-order valence-electron chi connectivity index (χ1n) is 14.7. The number of thiazole rings is 1. The van der Waals surface area contributed by atoms with E-state index in [1.165, 1.54) is 50.5 Å². The third kappa shape index (κ3) is 9.50. The summed E-state index contributed by atoms with van der Waals surface area (Å²) in [6.07, 6.45) is 1.52. The maximum atomic E-state index is 13.7. The highest BCUT2D eigenvalue weighted by molar-refractivity contribution is 9.10. The van der Waals surface area contributed by atoms with Crippen LogP contribution in [0.2, 0.25) is 0 Å². The summed E-state index contributed by atoms with van der Waals surface area (Å²) < 4.78 is 17.3. The van der Waals surface area contributed by atoms with Crippen LogP contribution in [0.25, 0.3) is 17.3 Å². The molecule has 10 nitrogen and oxygen atoms in total. The standard InChI is InChI=1S/C36H31BrN4O6S2/c1-45-30-17-22(18-31(46-2)33(30)47-3)16-28(39-34(43)24-8-5-4-6-9-24)35(44)38-26-10-7-11-27(19-26)48-21-32(42)41-36-40-29(20-49-36)23-12-14-25(37)15-13-23/h4-20H,21H2,1-3H3,(H,38,44)(H,39,43)(H,40,41,42)/b28-16+. The normalized spacial score (nSPS) is 11.0. The van der Waals surface area contributed by atoms with E-state index >= 15 is 0 Å². The van der Waals surface area contributed by atoms with Gasteiger partial charge in [-0.15, -0.1) is 23.1 Å². The Balaban J connectivity index is 1.29. The molecule has 250 valence electrons. The van der Waals surface area contributed by atoms with E-state index in [2.05, 4.69) is 36.9 Å². The molecule has 1 aromatic heterocycles. The minimum absolute atomic E-state index is 0.0217. The third-order valence-corrected chi connectivity index (χ3v) is 9.16. The second-order valence-corrected chi connectivity index (χ2v) is 13.0. The number of rotatable bonds is 13. The molecule has 0 saturated heterocycles. The van der Waals surface area contributed by atoms with E-state index in [1.807, 2.05) is 35.7 Å². The molecule has 0 aliphatic heterocycles. The number of anilines is 2. The van der Waals surface area contributed by atoms with Crippen LogP contribution in [-0.4, -0.2) is 49.8 Å². The van der Waals surface area contributed by atoms with Gasteiger partial charge in [-0.2, -0.15) is 0 Å². The molecule has 1 heterocycles. The van der Waals surface area contributed by atoms with E-state index in [9.17, 15) is 14.4 Å². The van der Waals surface area contributed by atoms with Crippen molar-refractivity contribution in [3.63, 3.8) is 0 Å². The molecular formula is C36H31BrN4O6S2. The van der Waals surface area contributed by atoms with Crippen LogP contribution in [0.3, 0.4) is 0 Å². The molecule has 0 fully saturated rings. The summed E-state index contributed by atoms with van der Waals surface area (Å²) in [5, 5.41) is 10.8. The highest BCUT2D eigenvalue weighted by Crippen LogP contribution is 2.38. The van der Waals surface area contributed by atoms with E-state index < -0.39 is 11.8 Å². The average molecular weight is 760 g/mol. The number of benzene rings is 4. The summed E-state index contributed by atoms with van der Waals surface area (Å²) in [4.78, 5) is 44.8. The van der Waals surface area contributed by atoms with Gasteiger partial charge in [0.2, 0.25) is 11.7 Å². The van der Waals surface area contributed by atoms with Gasteiger partial charge in [-0.05, 0) is 66.2 Å². The third-order valence-electron chi connectivity index (χ3n) is 6.88. The van der Waals surface area contributed by atoms with Gasteiger partial charge in [0.15, 0.2) is 16.6 Å². The van der Waals surface area contributed by atoms with E-state index in [0.717, 1.165) is 20.6 Å². The molecule has 0 radical (unpaired) electrons. The minimum Gasteiger partial charge on any atom is -0.493 e. The molecule has 5 rings (SSSR count). The van der Waals surface area contributed by atoms with Crippen LogP contribution in [-0.2, 0) is 9.59 Å². The smallest absolute Gasteiger partial charge is 0.272 e. The first-order valence-corrected chi connectivity index (χ1v) is 17.4. The Bertz CT molecular complexity index is 1960. The van der Waals surface area contributed by atoms with Crippen molar-refractivity contribution in [2.75, 3.05) is 37.7 Å². The number of hydrogen-bond acceptors (Lipinski definition) is 9. The van der Waals surface area contributed by atoms with E-state index in [0.29, 0.717) is 39.2 Å². The Morgan fingerprint density at radius 3 is 2.24 bits per heavy atom. The molecule has 13 heteroatoms. The fourth-order valence-electron chi connectivity index (χ4n) is 4.54. The zero-order valence-electron chi connectivity index (χ0n) is 26.6. The quantitative estimate of drug-likeness (QED) is 0.0823. The second-order valence-electron chi connectivity index (χ2n) is 10.2. The van der Waals surface area contributed by atoms with Gasteiger partial charge >= 0.3 is 0 Å². The van der Waals surface area contributed by atoms with Gasteiger partial charge in [0.1, 0.15) is 5.70 Å². The largest absolute Gasteiger partial charge is 0.493 e. The lowest BCUT2D eigenvalue weighted by molar-refractivity contribution is -0.114. The molecule has 4 aromatic carbocycles. The van der Waals surface area contributed by atoms with Crippen LogP contribution in [0, 0.1) is 0 Å². The van der Waals surface area contributed by atoms with E-state index in [-0.39, 0.29) is 17.4 Å². The van der Waals surface area contributed by atoms with E-state index in [4.69, 9.17) is 14.2 Å². The highest BCUT2D eigenvalue weighted by Gasteiger charge is 2.18. The Hall–Kier alpha value is -5.11. The van der Waals surface area contributed by atoms with Crippen molar-refractivity contribution in [3.8, 4) is 28.5 Å². The summed E-state index contributed by atoms with van der Waals surface area (Å²) in [7, 11) is 4.48. The Morgan fingerprint density at radius 1 is 0.857 bits per heavy atom. The number of methoxy groups -OCH3 is 3. The fourth-order valence-corrected chi connectivity index (χ4v) is 6.30. The number of nitrogens with zero attached hydrogens (tertiary/aromatic N) is 1. The lowest BCUT2D eigenvalue weighted by Crippen LogP contribution is -2.30. The van der Waals surface area contributed by atoms with E-state index in [1.54, 1.807) is 60.7 Å². The lowest BCUT2D eigenvalue weighted by Gasteiger charge is -2.15. The van der Waals surface area contributed by atoms with Crippen LogP contribution in [0.1, 0.15) is 15.9 Å². The molecule has 5 aromatic rings. The lowest BCUT2D eigenvalue weighted by atomic mass is 10.1. The number of amides is 3. The molecular weight excluding hydrogens is 728 g/mol. The van der Waals surface area contributed by atoms with Gasteiger partial charge in [0, 0.05) is 31.6 Å². The number of hydrogen-bond donors (Lipinski definition) is 3. The highest BCUT2D eigenvalue weighted by atomic mass is 79.9. The van der Waals surface area contributed by atoms with Crippen LogP contribution in [0.5, 0.6) is 17.2 Å². The van der Waals surface area contributed by atoms with Crippen molar-refractivity contribution < 1.29 is 28.6 Å². The van der Waals surface area contributed by atoms with Crippen molar-refractivity contribution in [1.29, 1.82) is 0 Å². The summed E-state index contributed by atoms with van der Waals surface area (Å²) in [6.45, 7) is 0. The van der Waals surface area contributed by atoms with Crippen molar-refractivity contribution in [3.05, 3.63) is 118 Å². The van der Waals surface area contributed by atoms with Crippen molar-refractivity contribution in [2.45, 2.75) is 4.90 Å². The molecule has 0 aliphatic carbocycles. The summed E-state index contributed by atoms with van der Waals surface area (Å²) in [5.74, 6) is 0.0465. The van der Waals surface area contributed by atoms with Crippen LogP contribution < -0.4 is 30.2 Å². The maximum Gasteiger partial charge on any atom is 0.272 e. The average Bonchev–Trinajstić information content (AvgIpc) is 3.59. The zero-order valence-corrected chi connectivity index (χ0v) is 29.8. The number of carbonyl (C=O) groups excluding carboxylic acids is 3. The molecule has 3 amide bonds. The SMILES string of the molecule is COc1cc(/C=C(/NC(=O)c2ccccc2)C(=O)Nc2cccc(SCC(=O)Nc3nc(-c4ccc(Br)cc4)cs3)c2)cc(OC)c1OC. The molecule has 0 atom stereocenters. The molecule has 0 unspecified atom stereocenters. The number of nitrogens with one attached hydrogen (secondary N) is 3. The molecule has 49 heavy (non-hydrogen) atoms. The van der Waals surface area contributed by atoms with Gasteiger partial charge in [-0.25, -0.2) is 4.98 Å². The molecule has 0 spiro atoms. The Kier molecular flexibility index (Phi) is 12.1. The minimum atomic E-state index is -0.566. The number of carbonyl (C=O) groups is 3. The maximum absolute atomic E-state index is 13.7. The Labute approximate surface area is 300 Å². The van der Waals surface area contributed by atoms with Crippen molar-refractivity contribution >= 4 is 73.6 Å². The topological polar surface area (TPSA) is 128 Å². The number of halogens is 1. The number of thioether (sulfide) groups is 1. The van der Waals surface area contributed by atoms with Crippen molar-refractivity contribution in [2.24, 2.45) is 0 Å². The first-order chi connectivity index (χ1) is 23.8. The van der Waals surface area contributed by atoms with Gasteiger partial charge in [-0.3, -0.25) is 14.4 Å². The zero-order chi connectivity index (χ0) is 34.8. The van der Waals surface area contributed by atoms with Crippen molar-refractivity contribution in [1.82, 2.24) is 10.3 Å². The molecule has 3 N–H and O–H groups in total.